The van der Waals surface area contributed by atoms with Crippen LogP contribution in [0.1, 0.15) is 32.3 Å². The van der Waals surface area contributed by atoms with Crippen LogP contribution in [0.5, 0.6) is 0 Å². The number of carbonyl (C=O) groups is 1. The molecule has 134 valence electrons. The van der Waals surface area contributed by atoms with E-state index in [0.29, 0.717) is 5.02 Å². The number of halogens is 1. The van der Waals surface area contributed by atoms with E-state index >= 15 is 0 Å². The number of rotatable bonds is 4. The number of sulfone groups is 1. The fourth-order valence-electron chi connectivity index (χ4n) is 3.14. The summed E-state index contributed by atoms with van der Waals surface area (Å²) >= 11 is 6.02. The molecule has 0 heterocycles. The lowest BCUT2D eigenvalue weighted by Gasteiger charge is -2.24. The number of nitrogens with one attached hydrogen (secondary N) is 1. The molecule has 1 aliphatic rings. The molecule has 2 rings (SSSR count). The largest absolute Gasteiger partial charge is 0.444 e. The van der Waals surface area contributed by atoms with Crippen LogP contribution in [0, 0.1) is 0 Å². The topological polar surface area (TPSA) is 98.5 Å². The van der Waals surface area contributed by atoms with Crippen molar-refractivity contribution in [2.75, 3.05) is 12.8 Å². The third-order valence-corrected chi connectivity index (χ3v) is 5.85. The van der Waals surface area contributed by atoms with Crippen molar-refractivity contribution in [3.05, 3.63) is 34.9 Å². The molecule has 3 atom stereocenters. The molecule has 0 radical (unpaired) electrons. The monoisotopic (exact) mass is 374 g/mol. The first kappa shape index (κ1) is 19.0. The van der Waals surface area contributed by atoms with Crippen LogP contribution in [-0.2, 0) is 14.6 Å². The van der Waals surface area contributed by atoms with Crippen molar-refractivity contribution in [1.82, 2.24) is 5.32 Å². The fourth-order valence-corrected chi connectivity index (χ4v) is 5.22. The van der Waals surface area contributed by atoms with Gasteiger partial charge >= 0.3 is 6.09 Å². The minimum atomic E-state index is -3.44. The molecular weight excluding hydrogens is 352 g/mol. The molecule has 1 aliphatic carbocycles. The Labute approximate surface area is 147 Å². The van der Waals surface area contributed by atoms with Gasteiger partial charge in [-0.2, -0.15) is 0 Å². The van der Waals surface area contributed by atoms with Gasteiger partial charge in [0, 0.05) is 23.7 Å². The summed E-state index contributed by atoms with van der Waals surface area (Å²) in [6.07, 6.45) is 0.453. The van der Waals surface area contributed by atoms with Crippen molar-refractivity contribution >= 4 is 27.5 Å². The van der Waals surface area contributed by atoms with Gasteiger partial charge in [0.2, 0.25) is 0 Å². The predicted octanol–water partition coefficient (Wildman–Crippen LogP) is 2.07. The Morgan fingerprint density at radius 3 is 2.50 bits per heavy atom. The molecule has 0 bridgehead atoms. The van der Waals surface area contributed by atoms with E-state index in [1.165, 1.54) is 0 Å². The average molecular weight is 375 g/mol. The van der Waals surface area contributed by atoms with Crippen molar-refractivity contribution in [3.63, 3.8) is 0 Å². The Morgan fingerprint density at radius 1 is 1.42 bits per heavy atom. The third kappa shape index (κ3) is 3.84. The van der Waals surface area contributed by atoms with Gasteiger partial charge in [0.15, 0.2) is 9.84 Å². The van der Waals surface area contributed by atoms with E-state index in [1.807, 2.05) is 0 Å². The van der Waals surface area contributed by atoms with Crippen molar-refractivity contribution < 1.29 is 17.9 Å². The number of ether oxygens (including phenoxy) is 1. The number of benzene rings is 1. The summed E-state index contributed by atoms with van der Waals surface area (Å²) in [5.74, 6) is -0.469. The second kappa shape index (κ2) is 6.20. The minimum absolute atomic E-state index is 0.0266. The molecule has 6 nitrogen and oxygen atoms in total. The molecule has 0 unspecified atom stereocenters. The molecule has 0 saturated heterocycles. The summed E-state index contributed by atoms with van der Waals surface area (Å²) in [6, 6.07) is 6.92. The van der Waals surface area contributed by atoms with Gasteiger partial charge in [-0.15, -0.1) is 0 Å². The van der Waals surface area contributed by atoms with Crippen molar-refractivity contribution in [2.45, 2.75) is 43.1 Å². The highest BCUT2D eigenvalue weighted by Crippen LogP contribution is 2.55. The lowest BCUT2D eigenvalue weighted by Crippen LogP contribution is -2.48. The molecule has 0 spiro atoms. The average Bonchev–Trinajstić information content (AvgIpc) is 3.05. The molecule has 0 aromatic heterocycles. The number of carbonyl (C=O) groups excluding carboxylic acids is 1. The van der Waals surface area contributed by atoms with Gasteiger partial charge in [0.05, 0.1) is 10.8 Å². The van der Waals surface area contributed by atoms with Crippen LogP contribution in [0.15, 0.2) is 24.3 Å². The van der Waals surface area contributed by atoms with E-state index in [0.717, 1.165) is 11.8 Å². The number of hydrogen-bond donors (Lipinski definition) is 2. The number of hydrogen-bond acceptors (Lipinski definition) is 5. The Hall–Kier alpha value is -1.31. The van der Waals surface area contributed by atoms with Gasteiger partial charge in [0.25, 0.3) is 0 Å². The number of alkyl carbamates (subject to hydrolysis) is 1. The van der Waals surface area contributed by atoms with E-state index in [9.17, 15) is 13.2 Å². The maximum Gasteiger partial charge on any atom is 0.408 e. The normalized spacial score (nSPS) is 26.8. The van der Waals surface area contributed by atoms with Crippen LogP contribution in [0.3, 0.4) is 0 Å². The highest BCUT2D eigenvalue weighted by Gasteiger charge is 2.70. The van der Waals surface area contributed by atoms with E-state index in [2.05, 4.69) is 5.32 Å². The molecule has 1 amide bonds. The second-order valence-corrected chi connectivity index (χ2v) is 9.76. The standard InChI is InChI=1S/C16H23ClN2O4S/c1-15(2,3)23-14(20)19-16(9-18)12(13(16)24(4,21)22)10-6-5-7-11(17)8-10/h5-8,12-13H,9,18H2,1-4H3,(H,19,20)/t12-,13+,16-/m1/s1. The first-order valence-electron chi connectivity index (χ1n) is 7.56. The zero-order chi connectivity index (χ0) is 18.3. The molecule has 8 heteroatoms. The molecule has 3 N–H and O–H groups in total. The Bertz CT molecular complexity index is 745. The summed E-state index contributed by atoms with van der Waals surface area (Å²) in [5, 5.41) is 2.37. The highest BCUT2D eigenvalue weighted by atomic mass is 35.5. The van der Waals surface area contributed by atoms with Crippen LogP contribution in [-0.4, -0.2) is 43.7 Å². The van der Waals surface area contributed by atoms with Crippen LogP contribution in [0.2, 0.25) is 5.02 Å². The predicted molar refractivity (Wildman–Crippen MR) is 94.0 cm³/mol. The summed E-state index contributed by atoms with van der Waals surface area (Å²) in [7, 11) is -3.44. The number of amides is 1. The van der Waals surface area contributed by atoms with Gasteiger partial charge in [0.1, 0.15) is 5.60 Å². The minimum Gasteiger partial charge on any atom is -0.444 e. The van der Waals surface area contributed by atoms with Gasteiger partial charge in [-0.05, 0) is 38.5 Å². The van der Waals surface area contributed by atoms with Crippen LogP contribution in [0.25, 0.3) is 0 Å². The molecule has 0 aliphatic heterocycles. The second-order valence-electron chi connectivity index (χ2n) is 7.15. The summed E-state index contributed by atoms with van der Waals surface area (Å²) in [6.45, 7) is 5.17. The maximum atomic E-state index is 12.2. The summed E-state index contributed by atoms with van der Waals surface area (Å²) in [5.41, 5.74) is 4.80. The van der Waals surface area contributed by atoms with Crippen LogP contribution in [0.4, 0.5) is 4.79 Å². The van der Waals surface area contributed by atoms with E-state index in [1.54, 1.807) is 45.0 Å². The zero-order valence-corrected chi connectivity index (χ0v) is 15.7. The van der Waals surface area contributed by atoms with Crippen LogP contribution < -0.4 is 11.1 Å². The third-order valence-electron chi connectivity index (χ3n) is 4.00. The lowest BCUT2D eigenvalue weighted by molar-refractivity contribution is 0.0497. The van der Waals surface area contributed by atoms with Gasteiger partial charge in [-0.25, -0.2) is 13.2 Å². The molecule has 1 saturated carbocycles. The highest BCUT2D eigenvalue weighted by molar-refractivity contribution is 7.91. The van der Waals surface area contributed by atoms with Gasteiger partial charge in [-0.3, -0.25) is 0 Å². The van der Waals surface area contributed by atoms with Gasteiger partial charge < -0.3 is 15.8 Å². The summed E-state index contributed by atoms with van der Waals surface area (Å²) in [4.78, 5) is 12.2. The molecular formula is C16H23ClN2O4S. The van der Waals surface area contributed by atoms with Crippen molar-refractivity contribution in [3.8, 4) is 0 Å². The Balaban J connectivity index is 2.37. The van der Waals surface area contributed by atoms with Gasteiger partial charge in [-0.1, -0.05) is 23.7 Å². The van der Waals surface area contributed by atoms with Crippen molar-refractivity contribution in [1.29, 1.82) is 0 Å². The quantitative estimate of drug-likeness (QED) is 0.840. The first-order chi connectivity index (χ1) is 10.9. The Morgan fingerprint density at radius 2 is 2.04 bits per heavy atom. The fraction of sp³-hybridized carbons (Fsp3) is 0.562. The van der Waals surface area contributed by atoms with E-state index in [-0.39, 0.29) is 6.54 Å². The lowest BCUT2D eigenvalue weighted by atomic mass is 10.1. The van der Waals surface area contributed by atoms with Crippen molar-refractivity contribution in [2.24, 2.45) is 5.73 Å². The zero-order valence-electron chi connectivity index (χ0n) is 14.2. The number of nitrogens with two attached hydrogens (primary N) is 1. The summed E-state index contributed by atoms with van der Waals surface area (Å²) < 4.78 is 29.7. The van der Waals surface area contributed by atoms with E-state index in [4.69, 9.17) is 22.1 Å². The molecule has 1 aromatic carbocycles. The SMILES string of the molecule is CC(C)(C)OC(=O)N[C@]1(CN)[C@H](c2cccc(Cl)c2)[C@@H]1S(C)(=O)=O. The van der Waals surface area contributed by atoms with Crippen LogP contribution >= 0.6 is 11.6 Å². The van der Waals surface area contributed by atoms with E-state index < -0.39 is 38.2 Å². The maximum absolute atomic E-state index is 12.2. The molecule has 1 aromatic rings. The smallest absolute Gasteiger partial charge is 0.408 e. The first-order valence-corrected chi connectivity index (χ1v) is 9.89. The molecule has 1 fully saturated rings. The Kier molecular flexibility index (Phi) is 4.92. The molecule has 24 heavy (non-hydrogen) atoms.